The first-order valence-electron chi connectivity index (χ1n) is 7.83. The molecule has 1 aliphatic rings. The highest BCUT2D eigenvalue weighted by molar-refractivity contribution is 5.79. The molecule has 1 rings (SSSR count). The van der Waals surface area contributed by atoms with Crippen molar-refractivity contribution in [2.24, 2.45) is 17.8 Å². The van der Waals surface area contributed by atoms with E-state index in [9.17, 15) is 23.1 Å². The van der Waals surface area contributed by atoms with E-state index in [1.165, 1.54) is 0 Å². The van der Waals surface area contributed by atoms with Gasteiger partial charge in [0.05, 0.1) is 12.0 Å². The lowest BCUT2D eigenvalue weighted by atomic mass is 9.78. The van der Waals surface area contributed by atoms with Crippen molar-refractivity contribution in [3.8, 4) is 0 Å². The molecule has 124 valence electrons. The summed E-state index contributed by atoms with van der Waals surface area (Å²) in [6.07, 6.45) is -1.99. The molecule has 0 spiro atoms. The maximum Gasteiger partial charge on any atom is 0.392 e. The fourth-order valence-electron chi connectivity index (χ4n) is 3.17. The van der Waals surface area contributed by atoms with Crippen LogP contribution >= 0.6 is 0 Å². The maximum absolute atomic E-state index is 13.0. The van der Waals surface area contributed by atoms with E-state index < -0.39 is 30.0 Å². The van der Waals surface area contributed by atoms with Crippen LogP contribution in [0.5, 0.6) is 0 Å². The van der Waals surface area contributed by atoms with Gasteiger partial charge in [-0.15, -0.1) is 0 Å². The summed E-state index contributed by atoms with van der Waals surface area (Å²) in [6, 6.07) is 0. The second-order valence-corrected chi connectivity index (χ2v) is 5.93. The molecule has 6 heteroatoms. The van der Waals surface area contributed by atoms with E-state index in [0.29, 0.717) is 12.8 Å². The van der Waals surface area contributed by atoms with Gasteiger partial charge in [-0.25, -0.2) is 0 Å². The van der Waals surface area contributed by atoms with Crippen molar-refractivity contribution in [2.45, 2.75) is 64.7 Å². The second-order valence-electron chi connectivity index (χ2n) is 5.93. The summed E-state index contributed by atoms with van der Waals surface area (Å²) in [5.74, 6) is -3.05. The van der Waals surface area contributed by atoms with Crippen LogP contribution in [0.1, 0.15) is 52.4 Å². The molecule has 3 atom stereocenters. The summed E-state index contributed by atoms with van der Waals surface area (Å²) >= 11 is 0. The lowest BCUT2D eigenvalue weighted by molar-refractivity contribution is -0.198. The fraction of sp³-hybridized carbons (Fsp3) is 0.933. The molecule has 0 heterocycles. The van der Waals surface area contributed by atoms with Crippen molar-refractivity contribution in [1.82, 2.24) is 5.32 Å². The van der Waals surface area contributed by atoms with Gasteiger partial charge in [-0.2, -0.15) is 13.2 Å². The Hall–Kier alpha value is -0.780. The normalized spacial score (nSPS) is 24.9. The molecular formula is C15H26F3NO2. The third-order valence-corrected chi connectivity index (χ3v) is 4.60. The van der Waals surface area contributed by atoms with Gasteiger partial charge < -0.3 is 10.4 Å². The molecule has 0 bridgehead atoms. The minimum Gasteiger partial charge on any atom is -0.391 e. The van der Waals surface area contributed by atoms with Crippen molar-refractivity contribution < 1.29 is 23.1 Å². The Morgan fingerprint density at radius 2 is 1.81 bits per heavy atom. The zero-order valence-corrected chi connectivity index (χ0v) is 12.7. The maximum atomic E-state index is 13.0. The standard InChI is InChI=1S/C15H26F3NO2/c1-3-10(4-2)13(20)9-19-14(21)11-7-5-6-8-12(11)15(16,17)18/h10-13,20H,3-9H2,1-2H3,(H,19,21). The van der Waals surface area contributed by atoms with E-state index in [2.05, 4.69) is 5.32 Å². The lowest BCUT2D eigenvalue weighted by Gasteiger charge is -2.32. The van der Waals surface area contributed by atoms with Gasteiger partial charge in [-0.1, -0.05) is 39.5 Å². The zero-order chi connectivity index (χ0) is 16.0. The van der Waals surface area contributed by atoms with Crippen LogP contribution in [-0.4, -0.2) is 29.8 Å². The minimum absolute atomic E-state index is 0.0245. The third kappa shape index (κ3) is 5.16. The molecule has 0 aromatic rings. The minimum atomic E-state index is -4.32. The Morgan fingerprint density at radius 3 is 2.33 bits per heavy atom. The van der Waals surface area contributed by atoms with Crippen molar-refractivity contribution in [3.63, 3.8) is 0 Å². The summed E-state index contributed by atoms with van der Waals surface area (Å²) in [7, 11) is 0. The molecule has 0 aromatic carbocycles. The van der Waals surface area contributed by atoms with E-state index in [0.717, 1.165) is 12.8 Å². The van der Waals surface area contributed by atoms with Gasteiger partial charge in [0.2, 0.25) is 5.91 Å². The number of hydrogen-bond acceptors (Lipinski definition) is 2. The SMILES string of the molecule is CCC(CC)C(O)CNC(=O)C1CCCCC1C(F)(F)F. The third-order valence-electron chi connectivity index (χ3n) is 4.60. The summed E-state index contributed by atoms with van der Waals surface area (Å²) in [4.78, 5) is 12.0. The van der Waals surface area contributed by atoms with Gasteiger partial charge in [0.15, 0.2) is 0 Å². The van der Waals surface area contributed by atoms with Crippen LogP contribution < -0.4 is 5.32 Å². The number of aliphatic hydroxyl groups excluding tert-OH is 1. The van der Waals surface area contributed by atoms with E-state index in [4.69, 9.17) is 0 Å². The predicted octanol–water partition coefficient (Wildman–Crippen LogP) is 3.27. The summed E-state index contributed by atoms with van der Waals surface area (Å²) in [6.45, 7) is 3.92. The van der Waals surface area contributed by atoms with E-state index in [-0.39, 0.29) is 25.3 Å². The fourth-order valence-corrected chi connectivity index (χ4v) is 3.17. The van der Waals surface area contributed by atoms with Crippen LogP contribution in [0.15, 0.2) is 0 Å². The quantitative estimate of drug-likeness (QED) is 0.791. The molecule has 1 aliphatic carbocycles. The Kier molecular flexibility index (Phi) is 6.97. The zero-order valence-electron chi connectivity index (χ0n) is 12.7. The van der Waals surface area contributed by atoms with Crippen LogP contribution in [0, 0.1) is 17.8 Å². The van der Waals surface area contributed by atoms with E-state index >= 15 is 0 Å². The molecule has 3 unspecified atom stereocenters. The number of nitrogens with one attached hydrogen (secondary N) is 1. The highest BCUT2D eigenvalue weighted by Crippen LogP contribution is 2.41. The van der Waals surface area contributed by atoms with Crippen LogP contribution in [0.25, 0.3) is 0 Å². The first-order valence-corrected chi connectivity index (χ1v) is 7.83. The molecule has 0 aliphatic heterocycles. The molecule has 1 saturated carbocycles. The molecule has 0 radical (unpaired) electrons. The molecule has 21 heavy (non-hydrogen) atoms. The Bertz CT molecular complexity index is 329. The number of alkyl halides is 3. The number of carbonyl (C=O) groups is 1. The second kappa shape index (κ2) is 8.01. The number of aliphatic hydroxyl groups is 1. The number of rotatable bonds is 6. The summed E-state index contributed by atoms with van der Waals surface area (Å²) < 4.78 is 38.9. The largest absolute Gasteiger partial charge is 0.392 e. The molecule has 0 aromatic heterocycles. The Balaban J connectivity index is 2.57. The van der Waals surface area contributed by atoms with Crippen molar-refractivity contribution >= 4 is 5.91 Å². The van der Waals surface area contributed by atoms with Crippen LogP contribution in [-0.2, 0) is 4.79 Å². The first kappa shape index (κ1) is 18.3. The highest BCUT2D eigenvalue weighted by Gasteiger charge is 2.48. The number of carbonyl (C=O) groups excluding carboxylic acids is 1. The molecule has 1 amide bonds. The van der Waals surface area contributed by atoms with Crippen molar-refractivity contribution in [1.29, 1.82) is 0 Å². The van der Waals surface area contributed by atoms with Crippen LogP contribution in [0.2, 0.25) is 0 Å². The Labute approximate surface area is 124 Å². The molecule has 0 saturated heterocycles. The smallest absolute Gasteiger partial charge is 0.391 e. The van der Waals surface area contributed by atoms with E-state index in [1.807, 2.05) is 13.8 Å². The van der Waals surface area contributed by atoms with Gasteiger partial charge in [0, 0.05) is 12.5 Å². The molecule has 2 N–H and O–H groups in total. The van der Waals surface area contributed by atoms with Gasteiger partial charge in [-0.05, 0) is 18.8 Å². The highest BCUT2D eigenvalue weighted by atomic mass is 19.4. The first-order chi connectivity index (χ1) is 9.81. The number of amides is 1. The topological polar surface area (TPSA) is 49.3 Å². The summed E-state index contributed by atoms with van der Waals surface area (Å²) in [5, 5.41) is 12.5. The van der Waals surface area contributed by atoms with E-state index in [1.54, 1.807) is 0 Å². The van der Waals surface area contributed by atoms with Crippen LogP contribution in [0.4, 0.5) is 13.2 Å². The lowest BCUT2D eigenvalue weighted by Crippen LogP contribution is -2.45. The number of halogens is 3. The monoisotopic (exact) mass is 309 g/mol. The molecule has 3 nitrogen and oxygen atoms in total. The van der Waals surface area contributed by atoms with Gasteiger partial charge in [0.1, 0.15) is 0 Å². The van der Waals surface area contributed by atoms with Crippen molar-refractivity contribution in [3.05, 3.63) is 0 Å². The average Bonchev–Trinajstić information content (AvgIpc) is 2.45. The number of hydrogen-bond donors (Lipinski definition) is 2. The average molecular weight is 309 g/mol. The Morgan fingerprint density at radius 1 is 1.24 bits per heavy atom. The van der Waals surface area contributed by atoms with Crippen molar-refractivity contribution in [2.75, 3.05) is 6.54 Å². The molecular weight excluding hydrogens is 283 g/mol. The summed E-state index contributed by atoms with van der Waals surface area (Å²) in [5.41, 5.74) is 0. The predicted molar refractivity (Wildman–Crippen MR) is 74.6 cm³/mol. The molecule has 1 fully saturated rings. The van der Waals surface area contributed by atoms with Gasteiger partial charge >= 0.3 is 6.18 Å². The van der Waals surface area contributed by atoms with Gasteiger partial charge in [-0.3, -0.25) is 4.79 Å². The van der Waals surface area contributed by atoms with Crippen LogP contribution in [0.3, 0.4) is 0 Å². The van der Waals surface area contributed by atoms with Gasteiger partial charge in [0.25, 0.3) is 0 Å².